The molecule has 0 unspecified atom stereocenters. The van der Waals surface area contributed by atoms with Crippen LogP contribution in [0.4, 0.5) is 0 Å². The molecule has 1 amide bonds. The second-order valence-corrected chi connectivity index (χ2v) is 5.58. The van der Waals surface area contributed by atoms with Crippen LogP contribution in [-0.4, -0.2) is 56.5 Å². The van der Waals surface area contributed by atoms with E-state index in [1.807, 2.05) is 11.9 Å². The van der Waals surface area contributed by atoms with Gasteiger partial charge in [0, 0.05) is 20.1 Å². The molecule has 0 aromatic rings. The number of nitrogens with two attached hydrogens (primary N) is 1. The highest BCUT2D eigenvalue weighted by Gasteiger charge is 2.41. The third-order valence-electron chi connectivity index (χ3n) is 3.85. The van der Waals surface area contributed by atoms with Gasteiger partial charge in [0.25, 0.3) is 0 Å². The standard InChI is InChI=1S/C13H27N3O/c1-15(2)9-6-10-16(3)12(17)13(11-14)7-4-5-8-13/h4-11,14H2,1-3H3. The van der Waals surface area contributed by atoms with Crippen LogP contribution in [0, 0.1) is 5.41 Å². The molecule has 1 aliphatic rings. The summed E-state index contributed by atoms with van der Waals surface area (Å²) in [5.74, 6) is 0.260. The molecule has 0 saturated heterocycles. The van der Waals surface area contributed by atoms with Crippen molar-refractivity contribution in [2.45, 2.75) is 32.1 Å². The molecular formula is C13H27N3O. The Bertz CT molecular complexity index is 247. The summed E-state index contributed by atoms with van der Waals surface area (Å²) in [5, 5.41) is 0. The molecule has 2 N–H and O–H groups in total. The predicted octanol–water partition coefficient (Wildman–Crippen LogP) is 0.916. The van der Waals surface area contributed by atoms with Crippen molar-refractivity contribution in [3.63, 3.8) is 0 Å². The Balaban J connectivity index is 2.44. The summed E-state index contributed by atoms with van der Waals surface area (Å²) >= 11 is 0. The van der Waals surface area contributed by atoms with Crippen molar-refractivity contribution in [1.82, 2.24) is 9.80 Å². The zero-order valence-electron chi connectivity index (χ0n) is 11.5. The van der Waals surface area contributed by atoms with E-state index in [1.165, 1.54) is 0 Å². The van der Waals surface area contributed by atoms with E-state index in [0.29, 0.717) is 6.54 Å². The summed E-state index contributed by atoms with van der Waals surface area (Å²) in [6.07, 6.45) is 5.26. The van der Waals surface area contributed by atoms with Crippen LogP contribution in [-0.2, 0) is 4.79 Å². The van der Waals surface area contributed by atoms with Gasteiger partial charge < -0.3 is 15.5 Å². The number of carbonyl (C=O) groups is 1. The molecule has 0 aliphatic heterocycles. The van der Waals surface area contributed by atoms with Crippen molar-refractivity contribution >= 4 is 5.91 Å². The first kappa shape index (κ1) is 14.5. The monoisotopic (exact) mass is 241 g/mol. The molecule has 0 aromatic heterocycles. The fourth-order valence-corrected chi connectivity index (χ4v) is 2.69. The molecule has 4 heteroatoms. The van der Waals surface area contributed by atoms with E-state index in [4.69, 9.17) is 5.73 Å². The van der Waals surface area contributed by atoms with E-state index in [1.54, 1.807) is 0 Å². The van der Waals surface area contributed by atoms with E-state index >= 15 is 0 Å². The molecule has 1 rings (SSSR count). The van der Waals surface area contributed by atoms with Gasteiger partial charge in [0.2, 0.25) is 5.91 Å². The summed E-state index contributed by atoms with van der Waals surface area (Å²) in [6.45, 7) is 2.36. The maximum atomic E-state index is 12.4. The SMILES string of the molecule is CN(C)CCCN(C)C(=O)C1(CN)CCCC1. The van der Waals surface area contributed by atoms with E-state index in [-0.39, 0.29) is 11.3 Å². The van der Waals surface area contributed by atoms with Crippen molar-refractivity contribution < 1.29 is 4.79 Å². The Hall–Kier alpha value is -0.610. The normalized spacial score (nSPS) is 18.6. The molecule has 1 saturated carbocycles. The molecular weight excluding hydrogens is 214 g/mol. The van der Waals surface area contributed by atoms with Gasteiger partial charge in [-0.3, -0.25) is 4.79 Å². The molecule has 1 aliphatic carbocycles. The molecule has 0 heterocycles. The number of hydrogen-bond acceptors (Lipinski definition) is 3. The Labute approximate surface area is 105 Å². The lowest BCUT2D eigenvalue weighted by atomic mass is 9.84. The van der Waals surface area contributed by atoms with Gasteiger partial charge in [-0.05, 0) is 39.9 Å². The fraction of sp³-hybridized carbons (Fsp3) is 0.923. The van der Waals surface area contributed by atoms with Gasteiger partial charge in [-0.15, -0.1) is 0 Å². The van der Waals surface area contributed by atoms with Crippen LogP contribution >= 0.6 is 0 Å². The molecule has 1 fully saturated rings. The van der Waals surface area contributed by atoms with Crippen LogP contribution in [0.15, 0.2) is 0 Å². The molecule has 0 atom stereocenters. The van der Waals surface area contributed by atoms with Crippen molar-refractivity contribution in [2.24, 2.45) is 11.1 Å². The smallest absolute Gasteiger partial charge is 0.229 e. The average molecular weight is 241 g/mol. The van der Waals surface area contributed by atoms with Crippen LogP contribution in [0.1, 0.15) is 32.1 Å². The minimum Gasteiger partial charge on any atom is -0.345 e. The Morgan fingerprint density at radius 3 is 2.24 bits per heavy atom. The maximum absolute atomic E-state index is 12.4. The van der Waals surface area contributed by atoms with Crippen molar-refractivity contribution in [2.75, 3.05) is 40.8 Å². The first-order valence-electron chi connectivity index (χ1n) is 6.62. The minimum absolute atomic E-state index is 0.243. The second kappa shape index (κ2) is 6.36. The molecule has 0 radical (unpaired) electrons. The van der Waals surface area contributed by atoms with Gasteiger partial charge in [0.15, 0.2) is 0 Å². The van der Waals surface area contributed by atoms with Crippen LogP contribution in [0.25, 0.3) is 0 Å². The number of carbonyl (C=O) groups excluding carboxylic acids is 1. The molecule has 4 nitrogen and oxygen atoms in total. The Kier molecular flexibility index (Phi) is 5.40. The molecule has 0 spiro atoms. The maximum Gasteiger partial charge on any atom is 0.229 e. The lowest BCUT2D eigenvalue weighted by molar-refractivity contribution is -0.140. The molecule has 17 heavy (non-hydrogen) atoms. The quantitative estimate of drug-likeness (QED) is 0.752. The fourth-order valence-electron chi connectivity index (χ4n) is 2.69. The third-order valence-corrected chi connectivity index (χ3v) is 3.85. The lowest BCUT2D eigenvalue weighted by Gasteiger charge is -2.31. The third kappa shape index (κ3) is 3.68. The van der Waals surface area contributed by atoms with Gasteiger partial charge in [-0.2, -0.15) is 0 Å². The zero-order chi connectivity index (χ0) is 12.9. The van der Waals surface area contributed by atoms with Crippen LogP contribution in [0.2, 0.25) is 0 Å². The van der Waals surface area contributed by atoms with Gasteiger partial charge in [0.1, 0.15) is 0 Å². The van der Waals surface area contributed by atoms with E-state index in [2.05, 4.69) is 19.0 Å². The van der Waals surface area contributed by atoms with Crippen LogP contribution < -0.4 is 5.73 Å². The molecule has 0 bridgehead atoms. The molecule has 0 aromatic carbocycles. The zero-order valence-corrected chi connectivity index (χ0v) is 11.5. The number of amides is 1. The number of hydrogen-bond donors (Lipinski definition) is 1. The van der Waals surface area contributed by atoms with Crippen LogP contribution in [0.3, 0.4) is 0 Å². The molecule has 100 valence electrons. The summed E-state index contributed by atoms with van der Waals surface area (Å²) < 4.78 is 0. The highest BCUT2D eigenvalue weighted by molar-refractivity contribution is 5.83. The van der Waals surface area contributed by atoms with Crippen LogP contribution in [0.5, 0.6) is 0 Å². The average Bonchev–Trinajstić information content (AvgIpc) is 2.77. The first-order valence-corrected chi connectivity index (χ1v) is 6.62. The van der Waals surface area contributed by atoms with E-state index in [9.17, 15) is 4.79 Å². The topological polar surface area (TPSA) is 49.6 Å². The minimum atomic E-state index is -0.243. The Morgan fingerprint density at radius 2 is 1.76 bits per heavy atom. The van der Waals surface area contributed by atoms with Gasteiger partial charge >= 0.3 is 0 Å². The highest BCUT2D eigenvalue weighted by atomic mass is 16.2. The Morgan fingerprint density at radius 1 is 1.18 bits per heavy atom. The summed E-state index contributed by atoms with van der Waals surface area (Å²) in [5.41, 5.74) is 5.59. The summed E-state index contributed by atoms with van der Waals surface area (Å²) in [6, 6.07) is 0. The van der Waals surface area contributed by atoms with Crippen molar-refractivity contribution in [1.29, 1.82) is 0 Å². The van der Waals surface area contributed by atoms with Crippen molar-refractivity contribution in [3.8, 4) is 0 Å². The van der Waals surface area contributed by atoms with Gasteiger partial charge in [-0.25, -0.2) is 0 Å². The van der Waals surface area contributed by atoms with Crippen molar-refractivity contribution in [3.05, 3.63) is 0 Å². The number of rotatable bonds is 6. The van der Waals surface area contributed by atoms with Gasteiger partial charge in [-0.1, -0.05) is 12.8 Å². The summed E-state index contributed by atoms with van der Waals surface area (Å²) in [4.78, 5) is 16.4. The van der Waals surface area contributed by atoms with E-state index in [0.717, 1.165) is 45.2 Å². The largest absolute Gasteiger partial charge is 0.345 e. The first-order chi connectivity index (χ1) is 8.02. The lowest BCUT2D eigenvalue weighted by Crippen LogP contribution is -2.45. The van der Waals surface area contributed by atoms with E-state index < -0.39 is 0 Å². The second-order valence-electron chi connectivity index (χ2n) is 5.58. The summed E-state index contributed by atoms with van der Waals surface area (Å²) in [7, 11) is 6.02. The highest BCUT2D eigenvalue weighted by Crippen LogP contribution is 2.38. The predicted molar refractivity (Wildman–Crippen MR) is 70.8 cm³/mol. The number of nitrogens with zero attached hydrogens (tertiary/aromatic N) is 2. The van der Waals surface area contributed by atoms with Gasteiger partial charge in [0.05, 0.1) is 5.41 Å².